The number of rotatable bonds is 1. The summed E-state index contributed by atoms with van der Waals surface area (Å²) >= 11 is 3.13. The maximum Gasteiger partial charge on any atom is 0.412 e. The van der Waals surface area contributed by atoms with Crippen LogP contribution in [0.3, 0.4) is 0 Å². The maximum absolute atomic E-state index is 13.0. The molecule has 16 heavy (non-hydrogen) atoms. The van der Waals surface area contributed by atoms with Crippen molar-refractivity contribution < 1.29 is 13.9 Å². The van der Waals surface area contributed by atoms with Gasteiger partial charge in [0.25, 0.3) is 0 Å². The second-order valence-corrected chi connectivity index (χ2v) is 5.20. The fourth-order valence-corrected chi connectivity index (χ4v) is 1.51. The summed E-state index contributed by atoms with van der Waals surface area (Å²) in [5.41, 5.74) is -0.226. The van der Waals surface area contributed by atoms with Crippen molar-refractivity contribution in [3.8, 4) is 0 Å². The highest BCUT2D eigenvalue weighted by atomic mass is 79.9. The first-order valence-corrected chi connectivity index (χ1v) is 5.52. The first-order chi connectivity index (χ1) is 7.26. The Morgan fingerprint density at radius 1 is 1.38 bits per heavy atom. The molecule has 1 amide bonds. The van der Waals surface area contributed by atoms with Crippen molar-refractivity contribution >= 4 is 27.7 Å². The van der Waals surface area contributed by atoms with E-state index in [9.17, 15) is 9.18 Å². The van der Waals surface area contributed by atoms with Crippen LogP contribution in [0.4, 0.5) is 14.9 Å². The summed E-state index contributed by atoms with van der Waals surface area (Å²) in [6.45, 7) is 5.27. The number of benzene rings is 1. The minimum absolute atomic E-state index is 0.348. The highest BCUT2D eigenvalue weighted by molar-refractivity contribution is 9.10. The Labute approximate surface area is 102 Å². The van der Waals surface area contributed by atoms with Crippen LogP contribution in [0.5, 0.6) is 0 Å². The second kappa shape index (κ2) is 4.82. The summed E-state index contributed by atoms with van der Waals surface area (Å²) in [4.78, 5) is 11.4. The average Bonchev–Trinajstić information content (AvgIpc) is 1.96. The molecule has 0 spiro atoms. The standard InChI is InChI=1S/C11H13BrFNO2/c1-11(2,3)16-10(15)14-9-5-7(12)4-8(13)6-9/h4-6H,1-3H3,(H,14,15). The Bertz CT molecular complexity index is 381. The molecule has 0 aliphatic heterocycles. The fourth-order valence-electron chi connectivity index (χ4n) is 1.05. The molecule has 0 radical (unpaired) electrons. The van der Waals surface area contributed by atoms with Gasteiger partial charge in [-0.1, -0.05) is 15.9 Å². The van der Waals surface area contributed by atoms with E-state index in [2.05, 4.69) is 21.2 Å². The summed E-state index contributed by atoms with van der Waals surface area (Å²) in [6, 6.07) is 4.11. The lowest BCUT2D eigenvalue weighted by Gasteiger charge is -2.19. The van der Waals surface area contributed by atoms with Gasteiger partial charge in [-0.3, -0.25) is 5.32 Å². The Morgan fingerprint density at radius 2 is 2.00 bits per heavy atom. The van der Waals surface area contributed by atoms with E-state index in [1.54, 1.807) is 26.8 Å². The number of carbonyl (C=O) groups is 1. The Kier molecular flexibility index (Phi) is 3.91. The number of halogens is 2. The first kappa shape index (κ1) is 13.0. The summed E-state index contributed by atoms with van der Waals surface area (Å²) in [5.74, 6) is -0.430. The SMILES string of the molecule is CC(C)(C)OC(=O)Nc1cc(F)cc(Br)c1. The van der Waals surface area contributed by atoms with E-state index in [0.717, 1.165) is 0 Å². The fraction of sp³-hybridized carbons (Fsp3) is 0.364. The normalized spacial score (nSPS) is 11.1. The van der Waals surface area contributed by atoms with Gasteiger partial charge in [0.2, 0.25) is 0 Å². The lowest BCUT2D eigenvalue weighted by atomic mass is 10.2. The van der Waals surface area contributed by atoms with Crippen molar-refractivity contribution in [3.63, 3.8) is 0 Å². The van der Waals surface area contributed by atoms with Gasteiger partial charge in [-0.2, -0.15) is 0 Å². The molecule has 0 aliphatic carbocycles. The van der Waals surface area contributed by atoms with E-state index in [4.69, 9.17) is 4.74 Å². The minimum Gasteiger partial charge on any atom is -0.444 e. The Hall–Kier alpha value is -1.10. The lowest BCUT2D eigenvalue weighted by Crippen LogP contribution is -2.27. The summed E-state index contributed by atoms with van der Waals surface area (Å²) in [6.07, 6.45) is -0.606. The van der Waals surface area contributed by atoms with E-state index < -0.39 is 17.5 Å². The van der Waals surface area contributed by atoms with E-state index >= 15 is 0 Å². The Morgan fingerprint density at radius 3 is 2.50 bits per heavy atom. The van der Waals surface area contributed by atoms with Crippen LogP contribution in [0, 0.1) is 5.82 Å². The predicted molar refractivity (Wildman–Crippen MR) is 64.0 cm³/mol. The number of hydrogen-bond acceptors (Lipinski definition) is 2. The van der Waals surface area contributed by atoms with Crippen LogP contribution >= 0.6 is 15.9 Å². The van der Waals surface area contributed by atoms with Gasteiger partial charge in [-0.15, -0.1) is 0 Å². The zero-order valence-electron chi connectivity index (χ0n) is 9.30. The van der Waals surface area contributed by atoms with Gasteiger partial charge in [0.05, 0.1) is 0 Å². The van der Waals surface area contributed by atoms with Crippen LogP contribution in [-0.4, -0.2) is 11.7 Å². The molecular weight excluding hydrogens is 277 g/mol. The highest BCUT2D eigenvalue weighted by Crippen LogP contribution is 2.19. The third kappa shape index (κ3) is 4.61. The monoisotopic (exact) mass is 289 g/mol. The van der Waals surface area contributed by atoms with Gasteiger partial charge in [0.1, 0.15) is 11.4 Å². The molecule has 88 valence electrons. The van der Waals surface area contributed by atoms with Crippen molar-refractivity contribution in [3.05, 3.63) is 28.5 Å². The summed E-state index contributed by atoms with van der Waals surface area (Å²) < 4.78 is 18.6. The van der Waals surface area contributed by atoms with Gasteiger partial charge in [-0.25, -0.2) is 9.18 Å². The van der Waals surface area contributed by atoms with Crippen LogP contribution < -0.4 is 5.32 Å². The molecule has 1 N–H and O–H groups in total. The van der Waals surface area contributed by atoms with Crippen molar-refractivity contribution in [2.45, 2.75) is 26.4 Å². The number of carbonyl (C=O) groups excluding carboxylic acids is 1. The van der Waals surface area contributed by atoms with E-state index in [1.807, 2.05) is 0 Å². The van der Waals surface area contributed by atoms with Crippen molar-refractivity contribution in [1.82, 2.24) is 0 Å². The highest BCUT2D eigenvalue weighted by Gasteiger charge is 2.16. The number of amides is 1. The zero-order valence-corrected chi connectivity index (χ0v) is 10.9. The van der Waals surface area contributed by atoms with Gasteiger partial charge < -0.3 is 4.74 Å². The smallest absolute Gasteiger partial charge is 0.412 e. The molecule has 0 saturated carbocycles. The molecule has 1 rings (SSSR count). The lowest BCUT2D eigenvalue weighted by molar-refractivity contribution is 0.0636. The first-order valence-electron chi connectivity index (χ1n) is 4.72. The van der Waals surface area contributed by atoms with Gasteiger partial charge >= 0.3 is 6.09 Å². The topological polar surface area (TPSA) is 38.3 Å². The number of hydrogen-bond donors (Lipinski definition) is 1. The summed E-state index contributed by atoms with van der Waals surface area (Å²) in [7, 11) is 0. The number of ether oxygens (including phenoxy) is 1. The molecule has 3 nitrogen and oxygen atoms in total. The quantitative estimate of drug-likeness (QED) is 0.850. The van der Waals surface area contributed by atoms with Crippen LogP contribution in [0.1, 0.15) is 20.8 Å². The molecule has 5 heteroatoms. The van der Waals surface area contributed by atoms with Crippen LogP contribution in [0.25, 0.3) is 0 Å². The van der Waals surface area contributed by atoms with Gasteiger partial charge in [0, 0.05) is 10.2 Å². The molecule has 1 aromatic carbocycles. The van der Waals surface area contributed by atoms with Crippen molar-refractivity contribution in [2.24, 2.45) is 0 Å². The molecule has 0 heterocycles. The molecule has 0 bridgehead atoms. The van der Waals surface area contributed by atoms with E-state index in [-0.39, 0.29) is 0 Å². The molecule has 0 aromatic heterocycles. The molecule has 0 unspecified atom stereocenters. The van der Waals surface area contributed by atoms with Crippen molar-refractivity contribution in [2.75, 3.05) is 5.32 Å². The molecule has 0 fully saturated rings. The van der Waals surface area contributed by atoms with Gasteiger partial charge in [0.15, 0.2) is 0 Å². The number of anilines is 1. The molecule has 1 aromatic rings. The Balaban J connectivity index is 2.70. The molecule has 0 saturated heterocycles. The predicted octanol–water partition coefficient (Wildman–Crippen LogP) is 3.94. The third-order valence-corrected chi connectivity index (χ3v) is 1.97. The van der Waals surface area contributed by atoms with Crippen LogP contribution in [0.2, 0.25) is 0 Å². The second-order valence-electron chi connectivity index (χ2n) is 4.29. The number of nitrogens with one attached hydrogen (secondary N) is 1. The van der Waals surface area contributed by atoms with Gasteiger partial charge in [-0.05, 0) is 39.0 Å². The van der Waals surface area contributed by atoms with E-state index in [1.165, 1.54) is 12.1 Å². The van der Waals surface area contributed by atoms with Crippen molar-refractivity contribution in [1.29, 1.82) is 0 Å². The molecule has 0 aliphatic rings. The minimum atomic E-state index is -0.606. The van der Waals surface area contributed by atoms with Crippen LogP contribution in [0.15, 0.2) is 22.7 Å². The summed E-state index contributed by atoms with van der Waals surface area (Å²) in [5, 5.41) is 2.45. The average molecular weight is 290 g/mol. The molecule has 0 atom stereocenters. The molecular formula is C11H13BrFNO2. The zero-order chi connectivity index (χ0) is 12.3. The van der Waals surface area contributed by atoms with E-state index in [0.29, 0.717) is 10.2 Å². The van der Waals surface area contributed by atoms with Crippen LogP contribution in [-0.2, 0) is 4.74 Å². The largest absolute Gasteiger partial charge is 0.444 e. The maximum atomic E-state index is 13.0. The third-order valence-electron chi connectivity index (χ3n) is 1.51.